The van der Waals surface area contributed by atoms with Gasteiger partial charge in [0.15, 0.2) is 0 Å². The first-order chi connectivity index (χ1) is 13.3. The number of nitrogens with zero attached hydrogens (tertiary/aromatic N) is 2. The van der Waals surface area contributed by atoms with Crippen molar-refractivity contribution in [3.63, 3.8) is 0 Å². The Labute approximate surface area is 163 Å². The molecule has 1 aliphatic carbocycles. The summed E-state index contributed by atoms with van der Waals surface area (Å²) in [6.45, 7) is 6.38. The summed E-state index contributed by atoms with van der Waals surface area (Å²) < 4.78 is 0. The molecule has 2 aromatic rings. The van der Waals surface area contributed by atoms with Crippen LogP contribution >= 0.6 is 0 Å². The maximum Gasteiger partial charge on any atom is 0.0432 e. The molecular formula is C25H30N2. The molecule has 1 atom stereocenters. The Morgan fingerprint density at radius 3 is 2.56 bits per heavy atom. The van der Waals surface area contributed by atoms with Gasteiger partial charge >= 0.3 is 0 Å². The summed E-state index contributed by atoms with van der Waals surface area (Å²) in [5.74, 6) is 0.802. The van der Waals surface area contributed by atoms with E-state index < -0.39 is 0 Å². The fourth-order valence-electron chi connectivity index (χ4n) is 6.59. The van der Waals surface area contributed by atoms with Crippen LogP contribution in [0.2, 0.25) is 0 Å². The van der Waals surface area contributed by atoms with Crippen molar-refractivity contribution in [2.24, 2.45) is 5.92 Å². The van der Waals surface area contributed by atoms with E-state index in [1.807, 2.05) is 0 Å². The van der Waals surface area contributed by atoms with Crippen LogP contribution < -0.4 is 4.90 Å². The Balaban J connectivity index is 1.14. The van der Waals surface area contributed by atoms with E-state index in [1.165, 1.54) is 71.2 Å². The highest BCUT2D eigenvalue weighted by Crippen LogP contribution is 2.46. The zero-order valence-corrected chi connectivity index (χ0v) is 16.3. The van der Waals surface area contributed by atoms with Crippen molar-refractivity contribution in [1.82, 2.24) is 4.90 Å². The van der Waals surface area contributed by atoms with Gasteiger partial charge in [-0.2, -0.15) is 0 Å². The Morgan fingerprint density at radius 2 is 1.63 bits per heavy atom. The van der Waals surface area contributed by atoms with Gasteiger partial charge in [0.2, 0.25) is 0 Å². The van der Waals surface area contributed by atoms with Crippen LogP contribution in [0.5, 0.6) is 0 Å². The number of hydrogen-bond donors (Lipinski definition) is 0. The molecule has 6 rings (SSSR count). The summed E-state index contributed by atoms with van der Waals surface area (Å²) in [5, 5.41) is 0. The van der Waals surface area contributed by atoms with Crippen LogP contribution in [0.3, 0.4) is 0 Å². The number of aryl methyl sites for hydroxylation is 1. The molecule has 4 aliphatic rings. The SMILES string of the molecule is c1ccc2c(c1)CCC21CCN(CC2Cc3cccc4c3N(CC4)C2)CC1. The van der Waals surface area contributed by atoms with Crippen LogP contribution in [-0.4, -0.2) is 37.6 Å². The average Bonchev–Trinajstić information content (AvgIpc) is 3.28. The van der Waals surface area contributed by atoms with Crippen molar-refractivity contribution in [3.8, 4) is 0 Å². The topological polar surface area (TPSA) is 6.48 Å². The van der Waals surface area contributed by atoms with Gasteiger partial charge < -0.3 is 9.80 Å². The first-order valence-corrected chi connectivity index (χ1v) is 11.0. The van der Waals surface area contributed by atoms with Gasteiger partial charge in [0.1, 0.15) is 0 Å². The van der Waals surface area contributed by atoms with Crippen LogP contribution in [0, 0.1) is 5.92 Å². The maximum absolute atomic E-state index is 2.78. The number of para-hydroxylation sites is 1. The number of likely N-dealkylation sites (tertiary alicyclic amines) is 1. The quantitative estimate of drug-likeness (QED) is 0.794. The lowest BCUT2D eigenvalue weighted by atomic mass is 9.73. The molecule has 1 unspecified atom stereocenters. The highest BCUT2D eigenvalue weighted by atomic mass is 15.2. The van der Waals surface area contributed by atoms with E-state index in [2.05, 4.69) is 52.3 Å². The molecule has 0 N–H and O–H groups in total. The molecule has 2 aromatic carbocycles. The lowest BCUT2D eigenvalue weighted by Crippen LogP contribution is -2.46. The van der Waals surface area contributed by atoms with Crippen molar-refractivity contribution < 1.29 is 0 Å². The van der Waals surface area contributed by atoms with E-state index in [-0.39, 0.29) is 0 Å². The number of anilines is 1. The van der Waals surface area contributed by atoms with Crippen molar-refractivity contribution >= 4 is 5.69 Å². The third-order valence-corrected chi connectivity index (χ3v) is 7.95. The Kier molecular flexibility index (Phi) is 3.66. The predicted molar refractivity (Wildman–Crippen MR) is 112 cm³/mol. The van der Waals surface area contributed by atoms with Gasteiger partial charge in [0.25, 0.3) is 0 Å². The summed E-state index contributed by atoms with van der Waals surface area (Å²) in [6.07, 6.45) is 7.94. The predicted octanol–water partition coefficient (Wildman–Crippen LogP) is 4.20. The third-order valence-electron chi connectivity index (χ3n) is 7.95. The van der Waals surface area contributed by atoms with Crippen LogP contribution in [-0.2, 0) is 24.7 Å². The fraction of sp³-hybridized carbons (Fsp3) is 0.520. The number of fused-ring (bicyclic) bond motifs is 2. The summed E-state index contributed by atoms with van der Waals surface area (Å²) in [7, 11) is 0. The zero-order chi connectivity index (χ0) is 17.8. The average molecular weight is 359 g/mol. The number of piperidine rings is 1. The minimum Gasteiger partial charge on any atom is -0.370 e. The third kappa shape index (κ3) is 2.56. The van der Waals surface area contributed by atoms with E-state index in [9.17, 15) is 0 Å². The molecule has 0 amide bonds. The monoisotopic (exact) mass is 358 g/mol. The molecule has 1 spiro atoms. The molecule has 3 heterocycles. The van der Waals surface area contributed by atoms with Gasteiger partial charge in [-0.05, 0) is 85.2 Å². The molecule has 1 saturated heterocycles. The molecule has 0 bridgehead atoms. The van der Waals surface area contributed by atoms with Crippen molar-refractivity contribution in [2.75, 3.05) is 37.6 Å². The van der Waals surface area contributed by atoms with Gasteiger partial charge in [0, 0.05) is 25.3 Å². The van der Waals surface area contributed by atoms with E-state index in [1.54, 1.807) is 27.9 Å². The molecule has 2 heteroatoms. The summed E-state index contributed by atoms with van der Waals surface area (Å²) in [5.41, 5.74) is 8.59. The van der Waals surface area contributed by atoms with Gasteiger partial charge in [-0.1, -0.05) is 42.5 Å². The number of hydrogen-bond acceptors (Lipinski definition) is 2. The van der Waals surface area contributed by atoms with Crippen molar-refractivity contribution in [2.45, 2.75) is 43.9 Å². The molecule has 27 heavy (non-hydrogen) atoms. The molecule has 3 aliphatic heterocycles. The number of rotatable bonds is 2. The first kappa shape index (κ1) is 16.2. The highest BCUT2D eigenvalue weighted by Gasteiger charge is 2.41. The maximum atomic E-state index is 2.78. The van der Waals surface area contributed by atoms with Crippen LogP contribution in [0.25, 0.3) is 0 Å². The lowest BCUT2D eigenvalue weighted by molar-refractivity contribution is 0.139. The van der Waals surface area contributed by atoms with E-state index in [0.717, 1.165) is 5.92 Å². The van der Waals surface area contributed by atoms with Crippen LogP contribution in [0.4, 0.5) is 5.69 Å². The second-order valence-corrected chi connectivity index (χ2v) is 9.43. The van der Waals surface area contributed by atoms with E-state index in [4.69, 9.17) is 0 Å². The van der Waals surface area contributed by atoms with Gasteiger partial charge in [0.05, 0.1) is 0 Å². The van der Waals surface area contributed by atoms with Crippen LogP contribution in [0.15, 0.2) is 42.5 Å². The van der Waals surface area contributed by atoms with E-state index in [0.29, 0.717) is 5.41 Å². The van der Waals surface area contributed by atoms with Crippen molar-refractivity contribution in [1.29, 1.82) is 0 Å². The van der Waals surface area contributed by atoms with Crippen molar-refractivity contribution in [3.05, 3.63) is 64.7 Å². The zero-order valence-electron chi connectivity index (χ0n) is 16.3. The van der Waals surface area contributed by atoms with Gasteiger partial charge in [-0.15, -0.1) is 0 Å². The molecule has 0 saturated carbocycles. The fourth-order valence-corrected chi connectivity index (χ4v) is 6.59. The van der Waals surface area contributed by atoms with Gasteiger partial charge in [-0.25, -0.2) is 0 Å². The first-order valence-electron chi connectivity index (χ1n) is 11.0. The number of benzene rings is 2. The van der Waals surface area contributed by atoms with Crippen LogP contribution in [0.1, 0.15) is 41.5 Å². The molecule has 2 nitrogen and oxygen atoms in total. The normalized spacial score (nSPS) is 25.6. The second-order valence-electron chi connectivity index (χ2n) is 9.43. The summed E-state index contributed by atoms with van der Waals surface area (Å²) in [6, 6.07) is 16.2. The molecular weight excluding hydrogens is 328 g/mol. The molecule has 1 fully saturated rings. The smallest absolute Gasteiger partial charge is 0.0432 e. The highest BCUT2D eigenvalue weighted by molar-refractivity contribution is 5.65. The Morgan fingerprint density at radius 1 is 0.815 bits per heavy atom. The Bertz CT molecular complexity index is 862. The van der Waals surface area contributed by atoms with E-state index >= 15 is 0 Å². The summed E-state index contributed by atoms with van der Waals surface area (Å²) >= 11 is 0. The molecule has 140 valence electrons. The second kappa shape index (κ2) is 6.10. The standard InChI is InChI=1S/C25H30N2/c1-2-7-23-20(4-1)8-10-25(23)11-14-26(15-12-25)17-19-16-22-6-3-5-21-9-13-27(18-19)24(21)22/h1-7,19H,8-18H2. The van der Waals surface area contributed by atoms with Gasteiger partial charge in [-0.3, -0.25) is 0 Å². The molecule has 0 aromatic heterocycles. The Hall–Kier alpha value is -1.80. The summed E-state index contributed by atoms with van der Waals surface area (Å²) in [4.78, 5) is 5.46. The largest absolute Gasteiger partial charge is 0.370 e. The minimum absolute atomic E-state index is 0.496. The minimum atomic E-state index is 0.496. The lowest BCUT2D eigenvalue weighted by Gasteiger charge is -2.42. The molecule has 0 radical (unpaired) electrons.